The number of carbonyl (C=O) groups excluding carboxylic acids is 3. The number of fused-ring (bicyclic) bond motifs is 3. The maximum absolute atomic E-state index is 13.4. The van der Waals surface area contributed by atoms with Crippen LogP contribution in [0.15, 0.2) is 65.2 Å². The highest BCUT2D eigenvalue weighted by Gasteiger charge is 2.38. The van der Waals surface area contributed by atoms with Crippen LogP contribution in [0, 0.1) is 0 Å². The van der Waals surface area contributed by atoms with Crippen molar-refractivity contribution < 1.29 is 18.9 Å². The standard InChI is InChI=1S/C26H23N5O4/c32-22(16-31-23(33)15-30-19-11-5-4-10-18(19)14-21(30)26(31)34)29-13-7-6-12-20(29)25-27-24(28-35-25)17-8-2-1-3-9-17/h1-5,8-11,14,20H,6-7,12-13,15-16H2. The van der Waals surface area contributed by atoms with E-state index in [1.54, 1.807) is 15.5 Å². The molecule has 2 aromatic carbocycles. The highest BCUT2D eigenvalue weighted by atomic mass is 16.5. The van der Waals surface area contributed by atoms with Crippen molar-refractivity contribution in [2.24, 2.45) is 0 Å². The van der Waals surface area contributed by atoms with Gasteiger partial charge in [-0.25, -0.2) is 0 Å². The molecule has 4 heterocycles. The molecule has 9 heteroatoms. The topological polar surface area (TPSA) is 102 Å². The minimum Gasteiger partial charge on any atom is -0.337 e. The molecule has 4 aromatic rings. The Balaban J connectivity index is 1.24. The van der Waals surface area contributed by atoms with Gasteiger partial charge in [-0.05, 0) is 31.4 Å². The minimum absolute atomic E-state index is 0.0232. The summed E-state index contributed by atoms with van der Waals surface area (Å²) in [7, 11) is 0. The largest absolute Gasteiger partial charge is 0.337 e. The van der Waals surface area contributed by atoms with Gasteiger partial charge in [0.1, 0.15) is 24.8 Å². The molecule has 0 saturated carbocycles. The Morgan fingerprint density at radius 2 is 1.83 bits per heavy atom. The van der Waals surface area contributed by atoms with Crippen LogP contribution in [0.4, 0.5) is 0 Å². The van der Waals surface area contributed by atoms with E-state index >= 15 is 0 Å². The SMILES string of the molecule is O=C1Cn2c(cc3ccccc32)C(=O)N1CC(=O)N1CCCCC1c1nc(-c2ccccc2)no1. The lowest BCUT2D eigenvalue weighted by Crippen LogP contribution is -2.51. The third-order valence-electron chi connectivity index (χ3n) is 6.74. The number of imide groups is 1. The molecule has 2 aliphatic rings. The molecule has 35 heavy (non-hydrogen) atoms. The van der Waals surface area contributed by atoms with E-state index in [0.717, 1.165) is 34.2 Å². The van der Waals surface area contributed by atoms with E-state index in [1.807, 2.05) is 54.6 Å². The fraction of sp³-hybridized carbons (Fsp3) is 0.269. The summed E-state index contributed by atoms with van der Waals surface area (Å²) >= 11 is 0. The highest BCUT2D eigenvalue weighted by molar-refractivity contribution is 6.11. The third-order valence-corrected chi connectivity index (χ3v) is 6.74. The normalized spacial score (nSPS) is 18.2. The summed E-state index contributed by atoms with van der Waals surface area (Å²) < 4.78 is 7.26. The van der Waals surface area contributed by atoms with Crippen molar-refractivity contribution >= 4 is 28.6 Å². The Morgan fingerprint density at radius 1 is 1.03 bits per heavy atom. The molecule has 0 bridgehead atoms. The van der Waals surface area contributed by atoms with Crippen LogP contribution in [-0.2, 0) is 16.1 Å². The number of benzene rings is 2. The van der Waals surface area contributed by atoms with Crippen LogP contribution in [0.25, 0.3) is 22.3 Å². The lowest BCUT2D eigenvalue weighted by Gasteiger charge is -2.35. The average molecular weight is 470 g/mol. The zero-order chi connectivity index (χ0) is 23.9. The quantitative estimate of drug-likeness (QED) is 0.425. The van der Waals surface area contributed by atoms with Gasteiger partial charge in [-0.1, -0.05) is 53.7 Å². The molecular weight excluding hydrogens is 446 g/mol. The summed E-state index contributed by atoms with van der Waals surface area (Å²) in [4.78, 5) is 46.8. The maximum Gasteiger partial charge on any atom is 0.277 e. The molecule has 0 spiro atoms. The van der Waals surface area contributed by atoms with Crippen LogP contribution in [0.3, 0.4) is 0 Å². The second-order valence-corrected chi connectivity index (χ2v) is 8.88. The van der Waals surface area contributed by atoms with Crippen molar-refractivity contribution in [3.8, 4) is 11.4 Å². The summed E-state index contributed by atoms with van der Waals surface area (Å²) in [5, 5.41) is 4.98. The molecule has 1 fully saturated rings. The molecule has 1 saturated heterocycles. The first-order valence-electron chi connectivity index (χ1n) is 11.7. The lowest BCUT2D eigenvalue weighted by atomic mass is 10.0. The van der Waals surface area contributed by atoms with Gasteiger partial charge in [-0.3, -0.25) is 19.3 Å². The average Bonchev–Trinajstić information content (AvgIpc) is 3.53. The fourth-order valence-electron chi connectivity index (χ4n) is 4.98. The number of aromatic nitrogens is 3. The molecule has 2 aromatic heterocycles. The van der Waals surface area contributed by atoms with Crippen molar-refractivity contribution in [2.75, 3.05) is 13.1 Å². The van der Waals surface area contributed by atoms with Crippen molar-refractivity contribution in [1.82, 2.24) is 24.5 Å². The molecule has 0 aliphatic carbocycles. The summed E-state index contributed by atoms with van der Waals surface area (Å²) in [6, 6.07) is 18.4. The number of hydrogen-bond donors (Lipinski definition) is 0. The molecule has 0 N–H and O–H groups in total. The Labute approximate surface area is 200 Å². The van der Waals surface area contributed by atoms with E-state index < -0.39 is 11.8 Å². The van der Waals surface area contributed by atoms with Crippen LogP contribution in [0.5, 0.6) is 0 Å². The molecule has 1 unspecified atom stereocenters. The lowest BCUT2D eigenvalue weighted by molar-refractivity contribution is -0.142. The molecule has 1 atom stereocenters. The van der Waals surface area contributed by atoms with Gasteiger partial charge in [-0.15, -0.1) is 0 Å². The van der Waals surface area contributed by atoms with Gasteiger partial charge in [0.15, 0.2) is 0 Å². The summed E-state index contributed by atoms with van der Waals surface area (Å²) in [5.74, 6) is -0.319. The molecule has 6 rings (SSSR count). The zero-order valence-electron chi connectivity index (χ0n) is 19.0. The predicted molar refractivity (Wildman–Crippen MR) is 126 cm³/mol. The van der Waals surface area contributed by atoms with Crippen molar-refractivity contribution in [1.29, 1.82) is 0 Å². The second-order valence-electron chi connectivity index (χ2n) is 8.88. The van der Waals surface area contributed by atoms with E-state index in [4.69, 9.17) is 4.52 Å². The highest BCUT2D eigenvalue weighted by Crippen LogP contribution is 2.32. The summed E-state index contributed by atoms with van der Waals surface area (Å²) in [6.45, 7) is 0.216. The molecule has 9 nitrogen and oxygen atoms in total. The van der Waals surface area contributed by atoms with Crippen LogP contribution in [-0.4, -0.2) is 55.3 Å². The van der Waals surface area contributed by atoms with Crippen molar-refractivity contribution in [3.63, 3.8) is 0 Å². The van der Waals surface area contributed by atoms with E-state index in [0.29, 0.717) is 30.4 Å². The van der Waals surface area contributed by atoms with Gasteiger partial charge in [0.05, 0.1) is 0 Å². The first-order chi connectivity index (χ1) is 17.1. The Hall–Kier alpha value is -4.27. The van der Waals surface area contributed by atoms with Gasteiger partial charge in [0.25, 0.3) is 5.91 Å². The van der Waals surface area contributed by atoms with Crippen molar-refractivity contribution in [2.45, 2.75) is 31.8 Å². The number of para-hydroxylation sites is 1. The van der Waals surface area contributed by atoms with Gasteiger partial charge in [0, 0.05) is 23.0 Å². The van der Waals surface area contributed by atoms with Gasteiger partial charge >= 0.3 is 0 Å². The number of carbonyl (C=O) groups is 3. The third kappa shape index (κ3) is 3.69. The first-order valence-corrected chi connectivity index (χ1v) is 11.7. The monoisotopic (exact) mass is 469 g/mol. The number of amides is 3. The van der Waals surface area contributed by atoms with Gasteiger partial charge < -0.3 is 14.0 Å². The number of nitrogens with zero attached hydrogens (tertiary/aromatic N) is 5. The fourth-order valence-corrected chi connectivity index (χ4v) is 4.98. The molecule has 2 aliphatic heterocycles. The van der Waals surface area contributed by atoms with Gasteiger partial charge in [0.2, 0.25) is 23.5 Å². The smallest absolute Gasteiger partial charge is 0.277 e. The van der Waals surface area contributed by atoms with Crippen LogP contribution in [0.2, 0.25) is 0 Å². The van der Waals surface area contributed by atoms with E-state index in [-0.39, 0.29) is 25.0 Å². The Kier molecular flexibility index (Phi) is 5.17. The van der Waals surface area contributed by atoms with Gasteiger partial charge in [-0.2, -0.15) is 4.98 Å². The molecule has 176 valence electrons. The van der Waals surface area contributed by atoms with Crippen LogP contribution < -0.4 is 0 Å². The summed E-state index contributed by atoms with van der Waals surface area (Å²) in [6.07, 6.45) is 2.43. The Morgan fingerprint density at radius 3 is 2.69 bits per heavy atom. The van der Waals surface area contributed by atoms with E-state index in [2.05, 4.69) is 10.1 Å². The maximum atomic E-state index is 13.4. The van der Waals surface area contributed by atoms with E-state index in [9.17, 15) is 14.4 Å². The van der Waals surface area contributed by atoms with E-state index in [1.165, 1.54) is 0 Å². The number of rotatable bonds is 4. The Bertz CT molecular complexity index is 1440. The van der Waals surface area contributed by atoms with Crippen LogP contribution >= 0.6 is 0 Å². The second kappa shape index (κ2) is 8.50. The molecule has 3 amide bonds. The molecule has 0 radical (unpaired) electrons. The summed E-state index contributed by atoms with van der Waals surface area (Å²) in [5.41, 5.74) is 2.08. The zero-order valence-corrected chi connectivity index (χ0v) is 19.0. The molecular formula is C26H23N5O4. The number of likely N-dealkylation sites (tertiary alicyclic amines) is 1. The predicted octanol–water partition coefficient (Wildman–Crippen LogP) is 3.43. The van der Waals surface area contributed by atoms with Crippen LogP contribution in [0.1, 0.15) is 41.7 Å². The van der Waals surface area contributed by atoms with Crippen molar-refractivity contribution in [3.05, 3.63) is 72.2 Å². The first kappa shape index (κ1) is 21.3. The number of hydrogen-bond acceptors (Lipinski definition) is 6. The number of piperidine rings is 1. The minimum atomic E-state index is -0.455.